The summed E-state index contributed by atoms with van der Waals surface area (Å²) in [4.78, 5) is 12.4. The van der Waals surface area contributed by atoms with Crippen molar-refractivity contribution in [3.63, 3.8) is 0 Å². The second kappa shape index (κ2) is 4.39. The Morgan fingerprint density at radius 1 is 0.947 bits per heavy atom. The summed E-state index contributed by atoms with van der Waals surface area (Å²) >= 11 is 0. The highest BCUT2D eigenvalue weighted by atomic mass is 16.5. The molecule has 0 bridgehead atoms. The van der Waals surface area contributed by atoms with Gasteiger partial charge in [0.15, 0.2) is 5.76 Å². The molecule has 1 aliphatic rings. The van der Waals surface area contributed by atoms with Crippen molar-refractivity contribution in [2.75, 3.05) is 0 Å². The molecule has 0 fully saturated rings. The number of aryl methyl sites for hydroxylation is 2. The van der Waals surface area contributed by atoms with Gasteiger partial charge in [-0.2, -0.15) is 0 Å². The first-order chi connectivity index (χ1) is 9.16. The number of carbonyl (C=O) groups is 1. The molecule has 0 aromatic heterocycles. The molecular formula is C17H14O2. The van der Waals surface area contributed by atoms with Crippen LogP contribution in [0, 0.1) is 13.8 Å². The predicted molar refractivity (Wildman–Crippen MR) is 75.3 cm³/mol. The molecule has 0 aliphatic carbocycles. The molecular weight excluding hydrogens is 236 g/mol. The molecule has 0 spiro atoms. The monoisotopic (exact) mass is 250 g/mol. The average Bonchev–Trinajstić information content (AvgIpc) is 2.74. The molecule has 0 N–H and O–H groups in total. The topological polar surface area (TPSA) is 26.3 Å². The van der Waals surface area contributed by atoms with Gasteiger partial charge in [0.05, 0.1) is 5.56 Å². The molecule has 0 saturated heterocycles. The normalized spacial score (nSPS) is 15.5. The number of hydrogen-bond donors (Lipinski definition) is 0. The summed E-state index contributed by atoms with van der Waals surface area (Å²) in [6, 6.07) is 13.7. The molecule has 2 aromatic rings. The number of carbonyl (C=O) groups excluding carboxylic acids is 1. The average molecular weight is 250 g/mol. The second-order valence-electron chi connectivity index (χ2n) is 4.75. The molecule has 1 heterocycles. The summed E-state index contributed by atoms with van der Waals surface area (Å²) in [5.74, 6) is 1.07. The number of rotatable bonds is 1. The Labute approximate surface area is 112 Å². The van der Waals surface area contributed by atoms with Crippen LogP contribution >= 0.6 is 0 Å². The minimum absolute atomic E-state index is 0.0277. The van der Waals surface area contributed by atoms with E-state index in [9.17, 15) is 4.79 Å². The fraction of sp³-hybridized carbons (Fsp3) is 0.118. The molecule has 2 heteroatoms. The van der Waals surface area contributed by atoms with Crippen LogP contribution in [0.15, 0.2) is 48.2 Å². The van der Waals surface area contributed by atoms with E-state index >= 15 is 0 Å². The molecule has 0 radical (unpaired) electrons. The van der Waals surface area contributed by atoms with Crippen LogP contribution < -0.4 is 4.74 Å². The number of allylic oxidation sites excluding steroid dienone is 1. The van der Waals surface area contributed by atoms with Gasteiger partial charge < -0.3 is 4.74 Å². The van der Waals surface area contributed by atoms with Gasteiger partial charge in [-0.3, -0.25) is 4.79 Å². The van der Waals surface area contributed by atoms with E-state index in [-0.39, 0.29) is 5.78 Å². The van der Waals surface area contributed by atoms with Crippen molar-refractivity contribution in [3.8, 4) is 5.75 Å². The maximum Gasteiger partial charge on any atom is 0.232 e. The molecule has 2 nitrogen and oxygen atoms in total. The number of Topliss-reactive ketones (excluding diaryl/α,β-unsaturated/α-hetero) is 1. The van der Waals surface area contributed by atoms with Crippen LogP contribution in [0.3, 0.4) is 0 Å². The first-order valence-corrected chi connectivity index (χ1v) is 6.26. The smallest absolute Gasteiger partial charge is 0.232 e. The molecule has 2 aromatic carbocycles. The van der Waals surface area contributed by atoms with Gasteiger partial charge in [-0.15, -0.1) is 0 Å². The van der Waals surface area contributed by atoms with Crippen molar-refractivity contribution in [1.82, 2.24) is 0 Å². The van der Waals surface area contributed by atoms with E-state index in [1.54, 1.807) is 6.08 Å². The molecule has 0 amide bonds. The van der Waals surface area contributed by atoms with Crippen LogP contribution in [-0.4, -0.2) is 5.78 Å². The first kappa shape index (κ1) is 11.7. The van der Waals surface area contributed by atoms with Gasteiger partial charge in [0.1, 0.15) is 5.75 Å². The van der Waals surface area contributed by atoms with Gasteiger partial charge in [0.2, 0.25) is 5.78 Å². The summed E-state index contributed by atoms with van der Waals surface area (Å²) < 4.78 is 5.75. The zero-order valence-corrected chi connectivity index (χ0v) is 10.9. The molecule has 0 unspecified atom stereocenters. The van der Waals surface area contributed by atoms with E-state index in [1.165, 1.54) is 0 Å². The standard InChI is InChI=1S/C17H14O2/c1-11-8-9-12(2)17-15(11)16(18)14(19-17)10-13-6-4-3-5-7-13/h3-10H,1-2H3/b14-10-. The highest BCUT2D eigenvalue weighted by Gasteiger charge is 2.30. The number of ketones is 1. The number of benzene rings is 2. The van der Waals surface area contributed by atoms with Gasteiger partial charge in [-0.25, -0.2) is 0 Å². The largest absolute Gasteiger partial charge is 0.452 e. The predicted octanol–water partition coefficient (Wildman–Crippen LogP) is 3.92. The SMILES string of the molecule is Cc1ccc(C)c2c1O/C(=C\c1ccccc1)C2=O. The lowest BCUT2D eigenvalue weighted by Crippen LogP contribution is -1.99. The van der Waals surface area contributed by atoms with Crippen molar-refractivity contribution in [2.24, 2.45) is 0 Å². The molecule has 0 saturated carbocycles. The highest BCUT2D eigenvalue weighted by molar-refractivity contribution is 6.15. The lowest BCUT2D eigenvalue weighted by molar-refractivity contribution is 0.101. The second-order valence-corrected chi connectivity index (χ2v) is 4.75. The van der Waals surface area contributed by atoms with Gasteiger partial charge in [-0.1, -0.05) is 42.5 Å². The van der Waals surface area contributed by atoms with Crippen LogP contribution in [0.4, 0.5) is 0 Å². The molecule has 1 aliphatic heterocycles. The fourth-order valence-corrected chi connectivity index (χ4v) is 2.27. The Morgan fingerprint density at radius 3 is 2.32 bits per heavy atom. The quantitative estimate of drug-likeness (QED) is 0.717. The van der Waals surface area contributed by atoms with E-state index in [1.807, 2.05) is 56.3 Å². The lowest BCUT2D eigenvalue weighted by Gasteiger charge is -2.03. The van der Waals surface area contributed by atoms with Crippen LogP contribution in [0.5, 0.6) is 5.75 Å². The fourth-order valence-electron chi connectivity index (χ4n) is 2.27. The highest BCUT2D eigenvalue weighted by Crippen LogP contribution is 2.36. The zero-order chi connectivity index (χ0) is 13.4. The van der Waals surface area contributed by atoms with E-state index in [4.69, 9.17) is 4.74 Å². The lowest BCUT2D eigenvalue weighted by atomic mass is 10.0. The van der Waals surface area contributed by atoms with E-state index in [0.717, 1.165) is 16.7 Å². The number of fused-ring (bicyclic) bond motifs is 1. The summed E-state index contributed by atoms with van der Waals surface area (Å²) in [6.07, 6.45) is 1.79. The minimum Gasteiger partial charge on any atom is -0.452 e. The Bertz CT molecular complexity index is 682. The van der Waals surface area contributed by atoms with Crippen LogP contribution in [0.25, 0.3) is 6.08 Å². The Kier molecular flexibility index (Phi) is 2.71. The maximum atomic E-state index is 12.4. The van der Waals surface area contributed by atoms with Crippen molar-refractivity contribution < 1.29 is 9.53 Å². The van der Waals surface area contributed by atoms with Crippen LogP contribution in [-0.2, 0) is 0 Å². The third kappa shape index (κ3) is 1.95. The Balaban J connectivity index is 2.07. The van der Waals surface area contributed by atoms with Crippen LogP contribution in [0.2, 0.25) is 0 Å². The zero-order valence-electron chi connectivity index (χ0n) is 10.9. The third-order valence-corrected chi connectivity index (χ3v) is 3.32. The van der Waals surface area contributed by atoms with E-state index < -0.39 is 0 Å². The van der Waals surface area contributed by atoms with Gasteiger partial charge in [0.25, 0.3) is 0 Å². The summed E-state index contributed by atoms with van der Waals surface area (Å²) in [5.41, 5.74) is 3.61. The van der Waals surface area contributed by atoms with Gasteiger partial charge in [-0.05, 0) is 36.6 Å². The van der Waals surface area contributed by atoms with Gasteiger partial charge in [0, 0.05) is 0 Å². The maximum absolute atomic E-state index is 12.4. The Morgan fingerprint density at radius 2 is 1.63 bits per heavy atom. The first-order valence-electron chi connectivity index (χ1n) is 6.26. The van der Waals surface area contributed by atoms with Crippen LogP contribution in [0.1, 0.15) is 27.0 Å². The minimum atomic E-state index is -0.0277. The summed E-state index contributed by atoms with van der Waals surface area (Å²) in [7, 11) is 0. The van der Waals surface area contributed by atoms with Crippen molar-refractivity contribution in [1.29, 1.82) is 0 Å². The number of ether oxygens (including phenoxy) is 1. The van der Waals surface area contributed by atoms with Crippen molar-refractivity contribution >= 4 is 11.9 Å². The Hall–Kier alpha value is -2.35. The molecule has 3 rings (SSSR count). The summed E-state index contributed by atoms with van der Waals surface area (Å²) in [5, 5.41) is 0. The number of hydrogen-bond acceptors (Lipinski definition) is 2. The third-order valence-electron chi connectivity index (χ3n) is 3.32. The summed E-state index contributed by atoms with van der Waals surface area (Å²) in [6.45, 7) is 3.89. The molecule has 94 valence electrons. The van der Waals surface area contributed by atoms with Crippen molar-refractivity contribution in [2.45, 2.75) is 13.8 Å². The van der Waals surface area contributed by atoms with E-state index in [2.05, 4.69) is 0 Å². The van der Waals surface area contributed by atoms with E-state index in [0.29, 0.717) is 17.1 Å². The van der Waals surface area contributed by atoms with Crippen molar-refractivity contribution in [3.05, 3.63) is 70.5 Å². The molecule has 0 atom stereocenters. The molecule has 19 heavy (non-hydrogen) atoms. The van der Waals surface area contributed by atoms with Gasteiger partial charge >= 0.3 is 0 Å².